The molecule has 0 saturated heterocycles. The Balaban J connectivity index is 4.94. The van der Waals surface area contributed by atoms with Crippen LogP contribution in [0, 0.1) is 0 Å². The first-order valence-electron chi connectivity index (χ1n) is 1.98. The molecule has 0 fully saturated rings. The summed E-state index contributed by atoms with van der Waals surface area (Å²) in [6, 6.07) is 0. The summed E-state index contributed by atoms with van der Waals surface area (Å²) in [6.07, 6.45) is 1.43. The Bertz CT molecular complexity index is 232. The molecule has 0 amide bonds. The molecule has 0 N–H and O–H groups in total. The predicted molar refractivity (Wildman–Crippen MR) is 33.3 cm³/mol. The molecule has 0 atom stereocenters. The molecule has 0 radical (unpaired) electrons. The molecule has 0 aliphatic rings. The lowest BCUT2D eigenvalue weighted by molar-refractivity contribution is 0.627. The molecule has 8 heavy (non-hydrogen) atoms. The molecule has 44 valence electrons. The second-order valence-corrected chi connectivity index (χ2v) is 1.90. The van der Waals surface area contributed by atoms with E-state index in [4.69, 9.17) is 0 Å². The average molecular weight is 130 g/mol. The van der Waals surface area contributed by atoms with E-state index >= 15 is 0 Å². The molecule has 0 aliphatic carbocycles. The summed E-state index contributed by atoms with van der Waals surface area (Å²) >= 11 is 0. The minimum atomic E-state index is -2.20. The zero-order valence-corrected chi connectivity index (χ0v) is 5.33. The number of rotatable bonds is 1. The first-order valence-corrected chi connectivity index (χ1v) is 3.06. The maximum Gasteiger partial charge on any atom is 0.260 e. The van der Waals surface area contributed by atoms with E-state index in [2.05, 4.69) is 11.6 Å². The van der Waals surface area contributed by atoms with Crippen LogP contribution in [0.1, 0.15) is 6.92 Å². The summed E-state index contributed by atoms with van der Waals surface area (Å²) in [4.78, 5) is 0. The van der Waals surface area contributed by atoms with E-state index in [1.807, 2.05) is 0 Å². The molecule has 0 aromatic heterocycles. The van der Waals surface area contributed by atoms with E-state index in [-0.39, 0.29) is 0 Å². The summed E-state index contributed by atoms with van der Waals surface area (Å²) in [5.74, 6) is 0. The molecule has 0 spiro atoms. The normalized spacial score (nSPS) is 7.12. The van der Waals surface area contributed by atoms with Gasteiger partial charge >= 0.3 is 0 Å². The topological polar surface area (TPSA) is 34.1 Å². The minimum absolute atomic E-state index is 0.526. The molecule has 3 heteroatoms. The molecule has 2 nitrogen and oxygen atoms in total. The van der Waals surface area contributed by atoms with Crippen molar-refractivity contribution in [3.8, 4) is 0 Å². The lowest BCUT2D eigenvalue weighted by Gasteiger charge is -1.71. The van der Waals surface area contributed by atoms with Crippen LogP contribution in [0.25, 0.3) is 0 Å². The van der Waals surface area contributed by atoms with Crippen molar-refractivity contribution >= 4 is 15.3 Å². The van der Waals surface area contributed by atoms with Crippen LogP contribution in [0.3, 0.4) is 0 Å². The number of allylic oxidation sites excluding steroid dienone is 2. The van der Waals surface area contributed by atoms with Gasteiger partial charge in [0, 0.05) is 10.6 Å². The fourth-order valence-electron chi connectivity index (χ4n) is 0.173. The van der Waals surface area contributed by atoms with Gasteiger partial charge in [-0.1, -0.05) is 12.7 Å². The van der Waals surface area contributed by atoms with Crippen molar-refractivity contribution in [2.45, 2.75) is 6.92 Å². The van der Waals surface area contributed by atoms with Gasteiger partial charge < -0.3 is 0 Å². The largest absolute Gasteiger partial charge is 0.260 e. The lowest BCUT2D eigenvalue weighted by Crippen LogP contribution is -1.66. The van der Waals surface area contributed by atoms with Crippen LogP contribution in [-0.2, 0) is 10.3 Å². The Morgan fingerprint density at radius 2 is 2.25 bits per heavy atom. The third kappa shape index (κ3) is 3.40. The Morgan fingerprint density at radius 3 is 2.38 bits per heavy atom. The van der Waals surface area contributed by atoms with Crippen molar-refractivity contribution in [3.05, 3.63) is 18.2 Å². The van der Waals surface area contributed by atoms with Crippen molar-refractivity contribution in [1.29, 1.82) is 0 Å². The van der Waals surface area contributed by atoms with Crippen LogP contribution in [0.15, 0.2) is 18.2 Å². The van der Waals surface area contributed by atoms with Gasteiger partial charge in [-0.05, 0) is 6.92 Å². The summed E-state index contributed by atoms with van der Waals surface area (Å²) in [5, 5.41) is 2.11. The predicted octanol–water partition coefficient (Wildman–Crippen LogP) is 0.399. The lowest BCUT2D eigenvalue weighted by atomic mass is 10.4. The van der Waals surface area contributed by atoms with Crippen LogP contribution in [-0.4, -0.2) is 13.4 Å². The third-order valence-corrected chi connectivity index (χ3v) is 1.04. The minimum Gasteiger partial charge on any atom is -0.176 e. The summed E-state index contributed by atoms with van der Waals surface area (Å²) in [7, 11) is -2.20. The molecule has 0 aliphatic heterocycles. The van der Waals surface area contributed by atoms with Crippen molar-refractivity contribution in [1.82, 2.24) is 0 Å². The zero-order valence-electron chi connectivity index (χ0n) is 4.51. The van der Waals surface area contributed by atoms with Crippen LogP contribution >= 0.6 is 0 Å². The molecule has 0 heterocycles. The fourth-order valence-corrected chi connectivity index (χ4v) is 0.519. The molecule has 0 aromatic rings. The molecule has 0 bridgehead atoms. The highest BCUT2D eigenvalue weighted by Gasteiger charge is 1.70. The Kier molecular flexibility index (Phi) is 2.92. The number of hydrogen-bond acceptors (Lipinski definition) is 2. The van der Waals surface area contributed by atoms with Gasteiger partial charge in [-0.25, -0.2) is 0 Å². The van der Waals surface area contributed by atoms with Crippen molar-refractivity contribution in [3.63, 3.8) is 0 Å². The van der Waals surface area contributed by atoms with Gasteiger partial charge in [0.2, 0.25) is 0 Å². The van der Waals surface area contributed by atoms with Crippen molar-refractivity contribution in [2.24, 2.45) is 0 Å². The average Bonchev–Trinajstić information content (AvgIpc) is 1.65. The summed E-state index contributed by atoms with van der Waals surface area (Å²) in [6.45, 7) is 4.95. The van der Waals surface area contributed by atoms with Gasteiger partial charge in [0.1, 0.15) is 0 Å². The summed E-state index contributed by atoms with van der Waals surface area (Å²) < 4.78 is 19.6. The molecular formula is C5H6O2S. The van der Waals surface area contributed by atoms with Gasteiger partial charge in [-0.15, -0.1) is 0 Å². The highest BCUT2D eigenvalue weighted by atomic mass is 32.2. The molecule has 0 saturated carbocycles. The third-order valence-electron chi connectivity index (χ3n) is 0.551. The smallest absolute Gasteiger partial charge is 0.176 e. The van der Waals surface area contributed by atoms with Gasteiger partial charge in [-0.3, -0.25) is 0 Å². The molecule has 0 rings (SSSR count). The maximum absolute atomic E-state index is 9.79. The highest BCUT2D eigenvalue weighted by Crippen LogP contribution is 1.80. The van der Waals surface area contributed by atoms with Crippen LogP contribution < -0.4 is 0 Å². The van der Waals surface area contributed by atoms with E-state index in [0.717, 1.165) is 0 Å². The molecule has 0 unspecified atom stereocenters. The van der Waals surface area contributed by atoms with Crippen LogP contribution in [0.5, 0.6) is 0 Å². The highest BCUT2D eigenvalue weighted by molar-refractivity contribution is 7.70. The first kappa shape index (κ1) is 7.21. The Hall–Kier alpha value is -0.790. The Labute approximate surface area is 49.7 Å². The monoisotopic (exact) mass is 130 g/mol. The van der Waals surface area contributed by atoms with Crippen molar-refractivity contribution < 1.29 is 8.42 Å². The van der Waals surface area contributed by atoms with Gasteiger partial charge in [0.15, 0.2) is 0 Å². The molecular weight excluding hydrogens is 124 g/mol. The van der Waals surface area contributed by atoms with Crippen LogP contribution in [0.4, 0.5) is 0 Å². The van der Waals surface area contributed by atoms with E-state index in [0.29, 0.717) is 5.57 Å². The standard InChI is InChI=1S/C5H6O2S/c1-3-5(2)4-8(6)7/h3H,1H2,2H3. The fraction of sp³-hybridized carbons (Fsp3) is 0.200. The van der Waals surface area contributed by atoms with E-state index in [1.54, 1.807) is 6.92 Å². The van der Waals surface area contributed by atoms with Gasteiger partial charge in [0.05, 0.1) is 0 Å². The van der Waals surface area contributed by atoms with Crippen molar-refractivity contribution in [2.75, 3.05) is 0 Å². The Morgan fingerprint density at radius 1 is 1.75 bits per heavy atom. The molecule has 0 aromatic carbocycles. The second kappa shape index (κ2) is 3.24. The zero-order chi connectivity index (χ0) is 6.57. The SMILES string of the molecule is C=CC(C)=C=S(=O)=O. The summed E-state index contributed by atoms with van der Waals surface area (Å²) in [5.41, 5.74) is 0.526. The second-order valence-electron chi connectivity index (χ2n) is 1.22. The van der Waals surface area contributed by atoms with Crippen LogP contribution in [0.2, 0.25) is 0 Å². The van der Waals surface area contributed by atoms with E-state index < -0.39 is 10.3 Å². The first-order chi connectivity index (χ1) is 3.66. The quantitative estimate of drug-likeness (QED) is 0.380. The van der Waals surface area contributed by atoms with E-state index in [1.165, 1.54) is 6.08 Å². The maximum atomic E-state index is 9.79. The van der Waals surface area contributed by atoms with Gasteiger partial charge in [-0.2, -0.15) is 8.42 Å². The van der Waals surface area contributed by atoms with E-state index in [9.17, 15) is 8.42 Å². The number of hydrogen-bond donors (Lipinski definition) is 0. The van der Waals surface area contributed by atoms with Gasteiger partial charge in [0.25, 0.3) is 10.3 Å².